The number of benzene rings is 1. The van der Waals surface area contributed by atoms with Gasteiger partial charge in [-0.15, -0.1) is 0 Å². The molecule has 0 unspecified atom stereocenters. The average molecular weight is 400 g/mol. The van der Waals surface area contributed by atoms with E-state index in [4.69, 9.17) is 4.74 Å². The van der Waals surface area contributed by atoms with Gasteiger partial charge in [0.15, 0.2) is 0 Å². The molecule has 1 aromatic carbocycles. The molecule has 0 radical (unpaired) electrons. The van der Waals surface area contributed by atoms with Crippen molar-refractivity contribution < 1.29 is 14.3 Å². The molecule has 1 aliphatic rings. The summed E-state index contributed by atoms with van der Waals surface area (Å²) in [7, 11) is 0. The molecule has 1 heterocycles. The fraction of sp³-hybridized carbons (Fsp3) is 0.600. The molecule has 0 spiro atoms. The number of allylic oxidation sites excluding steroid dienone is 1. The second-order valence-corrected chi connectivity index (χ2v) is 7.95. The molecule has 1 saturated heterocycles. The number of cyclic esters (lactones) is 2. The molecule has 1 fully saturated rings. The molecule has 2 rings (SSSR count). The largest absolute Gasteiger partial charge is 0.427 e. The summed E-state index contributed by atoms with van der Waals surface area (Å²) in [4.78, 5) is 25.3. The maximum absolute atomic E-state index is 12.0. The summed E-state index contributed by atoms with van der Waals surface area (Å²) < 4.78 is 4.79. The molecule has 0 atom stereocenters. The molecular formula is C25H37NO3. The molecule has 29 heavy (non-hydrogen) atoms. The number of hydrogen-bond donors (Lipinski definition) is 0. The second kappa shape index (κ2) is 14.0. The van der Waals surface area contributed by atoms with Crippen LogP contribution in [0.15, 0.2) is 42.1 Å². The van der Waals surface area contributed by atoms with E-state index in [2.05, 4.69) is 6.92 Å². The maximum Gasteiger partial charge on any atom is 0.427 e. The summed E-state index contributed by atoms with van der Waals surface area (Å²) in [5.41, 5.74) is 1.01. The lowest BCUT2D eigenvalue weighted by Crippen LogP contribution is -2.22. The number of ether oxygens (including phenoxy) is 1. The highest BCUT2D eigenvalue weighted by atomic mass is 16.6. The third-order valence-corrected chi connectivity index (χ3v) is 5.47. The quantitative estimate of drug-likeness (QED) is 0.132. The minimum Gasteiger partial charge on any atom is -0.371 e. The molecule has 1 aliphatic heterocycles. The Bertz CT molecular complexity index is 639. The Morgan fingerprint density at radius 3 is 1.83 bits per heavy atom. The lowest BCUT2D eigenvalue weighted by atomic mass is 10.0. The Morgan fingerprint density at radius 2 is 1.28 bits per heavy atom. The summed E-state index contributed by atoms with van der Waals surface area (Å²) in [6.45, 7) is 2.26. The van der Waals surface area contributed by atoms with E-state index in [1.165, 1.54) is 75.5 Å². The Labute approximate surface area is 176 Å². The zero-order chi connectivity index (χ0) is 20.7. The highest BCUT2D eigenvalue weighted by Gasteiger charge is 2.36. The summed E-state index contributed by atoms with van der Waals surface area (Å²) in [6, 6.07) is 9.17. The van der Waals surface area contributed by atoms with Gasteiger partial charge in [0.1, 0.15) is 5.70 Å². The van der Waals surface area contributed by atoms with Gasteiger partial charge in [0.2, 0.25) is 0 Å². The summed E-state index contributed by atoms with van der Waals surface area (Å²) in [6.07, 6.45) is 19.1. The number of carbonyl (C=O) groups excluding carboxylic acids is 2. The van der Waals surface area contributed by atoms with Gasteiger partial charge in [0.25, 0.3) is 0 Å². The number of hydrogen-bond acceptors (Lipinski definition) is 3. The van der Waals surface area contributed by atoms with Crippen LogP contribution in [0.5, 0.6) is 0 Å². The van der Waals surface area contributed by atoms with Crippen molar-refractivity contribution in [3.63, 3.8) is 0 Å². The molecular weight excluding hydrogens is 362 g/mol. The molecule has 160 valence electrons. The monoisotopic (exact) mass is 399 g/mol. The minimum absolute atomic E-state index is 0.347. The van der Waals surface area contributed by atoms with E-state index in [1.54, 1.807) is 12.1 Å². The van der Waals surface area contributed by atoms with Gasteiger partial charge in [0.05, 0.1) is 5.69 Å². The Morgan fingerprint density at radius 1 is 0.759 bits per heavy atom. The van der Waals surface area contributed by atoms with Crippen molar-refractivity contribution in [2.75, 3.05) is 4.90 Å². The molecule has 0 aromatic heterocycles. The lowest BCUT2D eigenvalue weighted by Gasteiger charge is -2.13. The van der Waals surface area contributed by atoms with Crippen molar-refractivity contribution in [3.8, 4) is 0 Å². The summed E-state index contributed by atoms with van der Waals surface area (Å²) >= 11 is 0. The molecule has 1 aromatic rings. The number of anilines is 1. The van der Waals surface area contributed by atoms with Crippen LogP contribution in [0.25, 0.3) is 0 Å². The van der Waals surface area contributed by atoms with Crippen molar-refractivity contribution in [3.05, 3.63) is 42.1 Å². The van der Waals surface area contributed by atoms with Crippen LogP contribution < -0.4 is 4.90 Å². The number of amides is 1. The highest BCUT2D eigenvalue weighted by molar-refractivity contribution is 6.14. The third kappa shape index (κ3) is 8.43. The fourth-order valence-electron chi connectivity index (χ4n) is 3.76. The first-order chi connectivity index (χ1) is 14.2. The summed E-state index contributed by atoms with van der Waals surface area (Å²) in [5, 5.41) is 0. The van der Waals surface area contributed by atoms with E-state index >= 15 is 0 Å². The Balaban J connectivity index is 1.55. The first-order valence-corrected chi connectivity index (χ1v) is 11.6. The first kappa shape index (κ1) is 23.2. The Kier molecular flexibility index (Phi) is 11.2. The lowest BCUT2D eigenvalue weighted by molar-refractivity contribution is -0.130. The second-order valence-electron chi connectivity index (χ2n) is 7.95. The van der Waals surface area contributed by atoms with E-state index in [0.29, 0.717) is 11.4 Å². The van der Waals surface area contributed by atoms with Crippen LogP contribution in [0, 0.1) is 0 Å². The van der Waals surface area contributed by atoms with E-state index in [0.717, 1.165) is 19.3 Å². The SMILES string of the molecule is CCCCCCCCCCCCCCC/C=C1/C(=O)OC(=O)N1c1ccccc1. The van der Waals surface area contributed by atoms with Gasteiger partial charge >= 0.3 is 12.1 Å². The van der Waals surface area contributed by atoms with E-state index in [9.17, 15) is 9.59 Å². The van der Waals surface area contributed by atoms with Crippen molar-refractivity contribution in [2.24, 2.45) is 0 Å². The topological polar surface area (TPSA) is 46.6 Å². The van der Waals surface area contributed by atoms with E-state index in [-0.39, 0.29) is 0 Å². The van der Waals surface area contributed by atoms with Crippen molar-refractivity contribution in [2.45, 2.75) is 96.8 Å². The van der Waals surface area contributed by atoms with Gasteiger partial charge in [0, 0.05) is 0 Å². The zero-order valence-electron chi connectivity index (χ0n) is 18.0. The molecule has 4 heteroatoms. The molecule has 1 amide bonds. The molecule has 0 N–H and O–H groups in total. The maximum atomic E-state index is 12.0. The predicted molar refractivity (Wildman–Crippen MR) is 119 cm³/mol. The number of rotatable bonds is 15. The standard InChI is InChI=1S/C25H37NO3/c1-2-3-4-5-6-7-8-9-10-11-12-13-14-18-21-23-24(27)29-25(28)26(23)22-19-16-15-17-20-22/h15-17,19-21H,2-14,18H2,1H3/b23-21-. The van der Waals surface area contributed by atoms with Gasteiger partial charge in [-0.1, -0.05) is 108 Å². The van der Waals surface area contributed by atoms with Crippen LogP contribution in [-0.2, 0) is 9.53 Å². The molecule has 0 saturated carbocycles. The fourth-order valence-corrected chi connectivity index (χ4v) is 3.76. The van der Waals surface area contributed by atoms with Crippen LogP contribution in [0.2, 0.25) is 0 Å². The van der Waals surface area contributed by atoms with E-state index < -0.39 is 12.1 Å². The van der Waals surface area contributed by atoms with Gasteiger partial charge in [-0.25, -0.2) is 14.5 Å². The van der Waals surface area contributed by atoms with Gasteiger partial charge in [-0.05, 0) is 25.0 Å². The molecule has 4 nitrogen and oxygen atoms in total. The number of para-hydroxylation sites is 1. The Hall–Kier alpha value is -2.10. The average Bonchev–Trinajstić information content (AvgIpc) is 3.01. The summed E-state index contributed by atoms with van der Waals surface area (Å²) in [5.74, 6) is -0.548. The zero-order valence-corrected chi connectivity index (χ0v) is 18.0. The van der Waals surface area contributed by atoms with E-state index in [1.807, 2.05) is 24.3 Å². The predicted octanol–water partition coefficient (Wildman–Crippen LogP) is 7.54. The first-order valence-electron chi connectivity index (χ1n) is 11.6. The van der Waals surface area contributed by atoms with Crippen LogP contribution in [0.4, 0.5) is 10.5 Å². The van der Waals surface area contributed by atoms with Gasteiger partial charge in [-0.2, -0.15) is 0 Å². The van der Waals surface area contributed by atoms with Crippen LogP contribution in [0.1, 0.15) is 96.8 Å². The van der Waals surface area contributed by atoms with Crippen LogP contribution in [-0.4, -0.2) is 12.1 Å². The number of esters is 1. The normalized spacial score (nSPS) is 15.3. The minimum atomic E-state index is -0.613. The van der Waals surface area contributed by atoms with Crippen molar-refractivity contribution >= 4 is 17.7 Å². The smallest absolute Gasteiger partial charge is 0.371 e. The molecule has 0 aliphatic carbocycles. The third-order valence-electron chi connectivity index (χ3n) is 5.47. The van der Waals surface area contributed by atoms with Gasteiger partial charge in [-0.3, -0.25) is 0 Å². The molecule has 0 bridgehead atoms. The van der Waals surface area contributed by atoms with Gasteiger partial charge < -0.3 is 4.74 Å². The number of unbranched alkanes of at least 4 members (excludes halogenated alkanes) is 13. The van der Waals surface area contributed by atoms with Crippen LogP contribution >= 0.6 is 0 Å². The number of nitrogens with zero attached hydrogens (tertiary/aromatic N) is 1. The van der Waals surface area contributed by atoms with Crippen molar-refractivity contribution in [1.82, 2.24) is 0 Å². The highest BCUT2D eigenvalue weighted by Crippen LogP contribution is 2.26. The van der Waals surface area contributed by atoms with Crippen molar-refractivity contribution in [1.29, 1.82) is 0 Å². The number of carbonyl (C=O) groups is 2. The van der Waals surface area contributed by atoms with Crippen LogP contribution in [0.3, 0.4) is 0 Å².